The van der Waals surface area contributed by atoms with Gasteiger partial charge in [0.1, 0.15) is 0 Å². The van der Waals surface area contributed by atoms with Gasteiger partial charge < -0.3 is 18.9 Å². The van der Waals surface area contributed by atoms with E-state index in [0.717, 1.165) is 123 Å². The monoisotopic (exact) mass is 1470 g/mol. The van der Waals surface area contributed by atoms with Gasteiger partial charge in [-0.25, -0.2) is 0 Å². The first-order valence-corrected chi connectivity index (χ1v) is 40.5. The Bertz CT molecular complexity index is 6360. The van der Waals surface area contributed by atoms with Gasteiger partial charge in [-0.15, -0.1) is 0 Å². The Labute approximate surface area is 671 Å². The van der Waals surface area contributed by atoms with Crippen molar-refractivity contribution in [2.75, 3.05) is 9.80 Å². The maximum absolute atomic E-state index is 4.62. The highest BCUT2D eigenvalue weighted by Crippen LogP contribution is 2.56. The first-order valence-electron chi connectivity index (χ1n) is 40.5. The van der Waals surface area contributed by atoms with E-state index >= 15 is 0 Å². The van der Waals surface area contributed by atoms with E-state index in [1.807, 2.05) is 36.9 Å². The van der Waals surface area contributed by atoms with E-state index < -0.39 is 0 Å². The van der Waals surface area contributed by atoms with Crippen LogP contribution < -0.4 is 26.2 Å². The van der Waals surface area contributed by atoms with Crippen molar-refractivity contribution < 1.29 is 0 Å². The van der Waals surface area contributed by atoms with Crippen LogP contribution in [0.1, 0.15) is 131 Å². The molecule has 17 aromatic rings. The standard InChI is InChI=1S/C107H95BN6/c1-67(2)76-55-99-101-100(56-76)114(103-85(70-33-23-17-24-34-70)61-80(107(12,13)14)62-86(103)71-35-25-18-26-36-71)98-64-82(112-95-49-41-77(104(3,4)5)57-89(95)90-58-78(105(6,7)8)42-50-96(90)112)44-46-92(98)108(101)91-45-43-81(63-97(91)113(99)102-83(68-29-19-15-20-30-68)59-79(106(9,10)11)60-84(102)69-31-21-16-22-32-69)111-93-47-39-72(74-37-27-51-109-65-74)53-87(93)88-54-73(40-48-94(88)111)75-38-28-52-110-66-75/h15-67H,1-14H3. The number of hydrogen-bond acceptors (Lipinski definition) is 4. The Kier molecular flexibility index (Phi) is 17.0. The van der Waals surface area contributed by atoms with Crippen LogP contribution >= 0.6 is 0 Å². The molecule has 556 valence electrons. The molecule has 0 bridgehead atoms. The lowest BCUT2D eigenvalue weighted by atomic mass is 9.33. The molecule has 0 spiro atoms. The molecule has 0 N–H and O–H groups in total. The SMILES string of the molecule is CC(C)c1cc2c3c(c1)N(c1c(-c4ccccc4)cc(C(C)(C)C)cc1-c1ccccc1)c1cc(-n4c5ccc(C(C)(C)C)cc5c5cc(C(C)(C)C)ccc54)ccc1B3c1ccc(-n3c4ccc(-c5cccnc5)cc4c4cc(-c5cccnc5)ccc43)cc1N2c1c(-c2ccccc2)cc(C(C)(C)C)cc1-c1ccccc1. The summed E-state index contributed by atoms with van der Waals surface area (Å²) in [5.41, 5.74) is 36.7. The molecule has 6 heterocycles. The second-order valence-electron chi connectivity index (χ2n) is 36.1. The molecular formula is C107H95BN6. The van der Waals surface area contributed by atoms with Crippen LogP contribution in [-0.2, 0) is 21.7 Å². The van der Waals surface area contributed by atoms with Crippen molar-refractivity contribution in [3.05, 3.63) is 344 Å². The second-order valence-corrected chi connectivity index (χ2v) is 36.1. The average Bonchev–Trinajstić information content (AvgIpc) is 0.785. The molecule has 0 amide bonds. The molecule has 7 heteroatoms. The third-order valence-electron chi connectivity index (χ3n) is 24.2. The Hall–Kier alpha value is -12.6. The zero-order valence-corrected chi connectivity index (χ0v) is 67.9. The molecule has 6 nitrogen and oxygen atoms in total. The molecular weight excluding hydrogens is 1380 g/mol. The van der Waals surface area contributed by atoms with E-state index in [0.29, 0.717) is 0 Å². The minimum Gasteiger partial charge on any atom is -0.310 e. The number of aromatic nitrogens is 4. The third-order valence-corrected chi connectivity index (χ3v) is 24.2. The molecule has 13 aromatic carbocycles. The lowest BCUT2D eigenvalue weighted by Crippen LogP contribution is -2.61. The normalized spacial score (nSPS) is 13.0. The van der Waals surface area contributed by atoms with E-state index in [-0.39, 0.29) is 34.3 Å². The van der Waals surface area contributed by atoms with E-state index in [9.17, 15) is 0 Å². The highest BCUT2D eigenvalue weighted by atomic mass is 15.2. The first-order chi connectivity index (χ1) is 54.9. The predicted molar refractivity (Wildman–Crippen MR) is 486 cm³/mol. The van der Waals surface area contributed by atoms with E-state index in [4.69, 9.17) is 0 Å². The van der Waals surface area contributed by atoms with Crippen molar-refractivity contribution in [1.29, 1.82) is 0 Å². The second kappa shape index (κ2) is 27.1. The van der Waals surface area contributed by atoms with Gasteiger partial charge in [0.2, 0.25) is 0 Å². The van der Waals surface area contributed by atoms with Gasteiger partial charge in [0.15, 0.2) is 0 Å². The Morgan fingerprint density at radius 1 is 0.281 bits per heavy atom. The summed E-state index contributed by atoms with van der Waals surface area (Å²) in [5.74, 6) is 0.101. The van der Waals surface area contributed by atoms with Gasteiger partial charge in [0.25, 0.3) is 6.71 Å². The van der Waals surface area contributed by atoms with E-state index in [1.165, 1.54) is 77.1 Å². The molecule has 2 aliphatic heterocycles. The lowest BCUT2D eigenvalue weighted by molar-refractivity contribution is 0.590. The van der Waals surface area contributed by atoms with Crippen molar-refractivity contribution >= 4 is 101 Å². The maximum Gasteiger partial charge on any atom is 0.252 e. The fourth-order valence-electron chi connectivity index (χ4n) is 18.0. The minimum atomic E-state index is -0.274. The molecule has 0 fully saturated rings. The first kappa shape index (κ1) is 71.7. The molecule has 0 saturated heterocycles. The number of nitrogens with zero attached hydrogens (tertiary/aromatic N) is 6. The van der Waals surface area contributed by atoms with Crippen molar-refractivity contribution in [3.8, 4) is 78.1 Å². The highest BCUT2D eigenvalue weighted by molar-refractivity contribution is 7.00. The third kappa shape index (κ3) is 12.2. The summed E-state index contributed by atoms with van der Waals surface area (Å²) in [5, 5.41) is 4.83. The zero-order valence-electron chi connectivity index (χ0n) is 67.9. The number of rotatable bonds is 11. The Morgan fingerprint density at radius 3 is 0.921 bits per heavy atom. The van der Waals surface area contributed by atoms with Gasteiger partial charge in [-0.3, -0.25) is 9.97 Å². The molecule has 0 unspecified atom stereocenters. The average molecular weight is 1480 g/mol. The van der Waals surface area contributed by atoms with Crippen LogP contribution in [0.2, 0.25) is 0 Å². The molecule has 0 atom stereocenters. The zero-order chi connectivity index (χ0) is 78.4. The lowest BCUT2D eigenvalue weighted by Gasteiger charge is -2.46. The van der Waals surface area contributed by atoms with Gasteiger partial charge in [0, 0.05) is 114 Å². The van der Waals surface area contributed by atoms with Crippen LogP contribution in [0, 0.1) is 0 Å². The van der Waals surface area contributed by atoms with Crippen LogP contribution in [0.25, 0.3) is 122 Å². The van der Waals surface area contributed by atoms with Crippen LogP contribution in [-0.4, -0.2) is 25.8 Å². The number of hydrogen-bond donors (Lipinski definition) is 0. The van der Waals surface area contributed by atoms with E-state index in [2.05, 4.69) is 405 Å². The summed E-state index contributed by atoms with van der Waals surface area (Å²) in [6, 6.07) is 112. The van der Waals surface area contributed by atoms with Crippen molar-refractivity contribution in [1.82, 2.24) is 19.1 Å². The van der Waals surface area contributed by atoms with Gasteiger partial charge >= 0.3 is 0 Å². The number of benzene rings is 13. The van der Waals surface area contributed by atoms with Gasteiger partial charge in [-0.05, 0) is 226 Å². The largest absolute Gasteiger partial charge is 0.310 e. The topological polar surface area (TPSA) is 42.1 Å². The summed E-state index contributed by atoms with van der Waals surface area (Å²) in [4.78, 5) is 14.7. The van der Waals surface area contributed by atoms with Crippen LogP contribution in [0.15, 0.2) is 316 Å². The highest BCUT2D eigenvalue weighted by Gasteiger charge is 2.47. The molecule has 2 aliphatic rings. The van der Waals surface area contributed by atoms with Gasteiger partial charge in [0.05, 0.1) is 33.4 Å². The molecule has 4 aromatic heterocycles. The molecule has 19 rings (SSSR count). The number of pyridine rings is 2. The predicted octanol–water partition coefficient (Wildman–Crippen LogP) is 27.1. The fourth-order valence-corrected chi connectivity index (χ4v) is 18.0. The molecule has 114 heavy (non-hydrogen) atoms. The molecule has 0 aliphatic carbocycles. The van der Waals surface area contributed by atoms with Crippen molar-refractivity contribution in [2.45, 2.75) is 125 Å². The smallest absolute Gasteiger partial charge is 0.252 e. The van der Waals surface area contributed by atoms with Crippen molar-refractivity contribution in [2.24, 2.45) is 0 Å². The summed E-state index contributed by atoms with van der Waals surface area (Å²) in [7, 11) is 0. The van der Waals surface area contributed by atoms with Crippen molar-refractivity contribution in [3.63, 3.8) is 0 Å². The maximum atomic E-state index is 4.62. The molecule has 0 saturated carbocycles. The van der Waals surface area contributed by atoms with Crippen LogP contribution in [0.3, 0.4) is 0 Å². The quantitative estimate of drug-likeness (QED) is 0.121. The minimum absolute atomic E-state index is 0.0688. The van der Waals surface area contributed by atoms with Crippen LogP contribution in [0.5, 0.6) is 0 Å². The Balaban J connectivity index is 0.980. The number of anilines is 6. The summed E-state index contributed by atoms with van der Waals surface area (Å²) < 4.78 is 5.09. The summed E-state index contributed by atoms with van der Waals surface area (Å²) in [6.45, 7) is 32.7. The molecule has 0 radical (unpaired) electrons. The van der Waals surface area contributed by atoms with Gasteiger partial charge in [-0.1, -0.05) is 267 Å². The van der Waals surface area contributed by atoms with Crippen LogP contribution in [0.4, 0.5) is 34.1 Å². The Morgan fingerprint density at radius 2 is 0.605 bits per heavy atom. The summed E-state index contributed by atoms with van der Waals surface area (Å²) in [6.07, 6.45) is 7.65. The van der Waals surface area contributed by atoms with E-state index in [1.54, 1.807) is 0 Å². The summed E-state index contributed by atoms with van der Waals surface area (Å²) >= 11 is 0. The number of fused-ring (bicyclic) bond motifs is 10. The fraction of sp³-hybridized carbons (Fsp3) is 0.178. The van der Waals surface area contributed by atoms with Gasteiger partial charge in [-0.2, -0.15) is 0 Å².